The van der Waals surface area contributed by atoms with Crippen LogP contribution in [-0.2, 0) is 14.3 Å². The van der Waals surface area contributed by atoms with Crippen molar-refractivity contribution in [3.05, 3.63) is 0 Å². The summed E-state index contributed by atoms with van der Waals surface area (Å²) in [5, 5.41) is 0. The van der Waals surface area contributed by atoms with Gasteiger partial charge in [0.2, 0.25) is 0 Å². The minimum absolute atomic E-state index is 0.0774. The molecule has 0 radical (unpaired) electrons. The van der Waals surface area contributed by atoms with Crippen LogP contribution in [0, 0.1) is 5.92 Å². The summed E-state index contributed by atoms with van der Waals surface area (Å²) < 4.78 is 34.6. The van der Waals surface area contributed by atoms with Gasteiger partial charge in [-0.25, -0.2) is 5.84 Å². The van der Waals surface area contributed by atoms with E-state index in [0.29, 0.717) is 19.6 Å². The monoisotopic (exact) mass is 210 g/mol. The van der Waals surface area contributed by atoms with Gasteiger partial charge in [-0.1, -0.05) is 0 Å². The van der Waals surface area contributed by atoms with E-state index >= 15 is 0 Å². The molecule has 82 valence electrons. The lowest BCUT2D eigenvalue weighted by molar-refractivity contribution is -0.235. The van der Waals surface area contributed by atoms with Crippen LogP contribution in [0.2, 0.25) is 0 Å². The van der Waals surface area contributed by atoms with Crippen molar-refractivity contribution in [2.45, 2.75) is 12.5 Å². The maximum absolute atomic E-state index is 12.7. The van der Waals surface area contributed by atoms with E-state index in [1.54, 1.807) is 0 Å². The van der Waals surface area contributed by atoms with Crippen LogP contribution in [0.15, 0.2) is 0 Å². The average molecular weight is 210 g/mol. The molecule has 1 fully saturated rings. The lowest BCUT2D eigenvalue weighted by Crippen LogP contribution is -2.46. The molecule has 0 spiro atoms. The lowest BCUT2D eigenvalue weighted by Gasteiger charge is -2.16. The molecular formula is C7H12F2N2O3. The second-order valence-corrected chi connectivity index (χ2v) is 3.03. The van der Waals surface area contributed by atoms with Crippen LogP contribution in [0.4, 0.5) is 8.78 Å². The summed E-state index contributed by atoms with van der Waals surface area (Å²) in [5.74, 6) is 2.84. The summed E-state index contributed by atoms with van der Waals surface area (Å²) in [6.45, 7) is 0.726. The zero-order chi connectivity index (χ0) is 10.6. The van der Waals surface area contributed by atoms with E-state index in [-0.39, 0.29) is 12.5 Å². The number of carbonyl (C=O) groups excluding carboxylic acids is 1. The molecular weight excluding hydrogens is 198 g/mol. The molecule has 0 aliphatic carbocycles. The molecule has 0 aromatic carbocycles. The Hall–Kier alpha value is -0.790. The van der Waals surface area contributed by atoms with Crippen LogP contribution in [0.25, 0.3) is 0 Å². The van der Waals surface area contributed by atoms with Gasteiger partial charge in [0.05, 0.1) is 13.2 Å². The summed E-state index contributed by atoms with van der Waals surface area (Å²) in [4.78, 5) is 10.5. The van der Waals surface area contributed by atoms with E-state index in [4.69, 9.17) is 4.74 Å². The number of rotatable bonds is 4. The van der Waals surface area contributed by atoms with Crippen molar-refractivity contribution in [3.63, 3.8) is 0 Å². The fourth-order valence-electron chi connectivity index (χ4n) is 1.09. The van der Waals surface area contributed by atoms with Gasteiger partial charge in [-0.15, -0.1) is 0 Å². The molecule has 1 aliphatic rings. The highest BCUT2D eigenvalue weighted by Crippen LogP contribution is 2.19. The molecule has 1 amide bonds. The van der Waals surface area contributed by atoms with E-state index in [1.807, 2.05) is 0 Å². The summed E-state index contributed by atoms with van der Waals surface area (Å²) in [6.07, 6.45) is -3.20. The van der Waals surface area contributed by atoms with Gasteiger partial charge in [0.15, 0.2) is 0 Å². The lowest BCUT2D eigenvalue weighted by atomic mass is 10.1. The van der Waals surface area contributed by atoms with Crippen LogP contribution in [0.5, 0.6) is 0 Å². The summed E-state index contributed by atoms with van der Waals surface area (Å²) in [5.41, 5.74) is 1.34. The van der Waals surface area contributed by atoms with Crippen LogP contribution in [0.1, 0.15) is 6.42 Å². The Morgan fingerprint density at radius 2 is 2.43 bits per heavy atom. The normalized spacial score (nSPS) is 22.4. The molecule has 1 aliphatic heterocycles. The topological polar surface area (TPSA) is 73.6 Å². The molecule has 0 aromatic rings. The van der Waals surface area contributed by atoms with E-state index in [1.165, 1.54) is 5.43 Å². The Labute approximate surface area is 79.5 Å². The predicted octanol–water partition coefficient (Wildman–Crippen LogP) is -0.378. The summed E-state index contributed by atoms with van der Waals surface area (Å²) in [7, 11) is 0. The Bertz CT molecular complexity index is 207. The standard InChI is InChI=1S/C7H12F2N2O3/c8-7(9,6(12)11-10)14-4-5-1-2-13-3-5/h5H,1-4,10H2,(H,11,12). The first-order valence-corrected chi connectivity index (χ1v) is 4.17. The molecule has 14 heavy (non-hydrogen) atoms. The Kier molecular flexibility index (Phi) is 3.73. The number of hydrazine groups is 1. The molecule has 5 nitrogen and oxygen atoms in total. The van der Waals surface area contributed by atoms with Gasteiger partial charge in [0.25, 0.3) is 0 Å². The second-order valence-electron chi connectivity index (χ2n) is 3.03. The number of nitrogens with two attached hydrogens (primary N) is 1. The minimum Gasteiger partial charge on any atom is -0.381 e. The van der Waals surface area contributed by atoms with Gasteiger partial charge >= 0.3 is 12.0 Å². The number of halogens is 2. The highest BCUT2D eigenvalue weighted by atomic mass is 19.3. The zero-order valence-corrected chi connectivity index (χ0v) is 7.46. The van der Waals surface area contributed by atoms with Crippen molar-refractivity contribution in [2.24, 2.45) is 11.8 Å². The molecule has 1 saturated heterocycles. The third-order valence-electron chi connectivity index (χ3n) is 1.92. The van der Waals surface area contributed by atoms with E-state index in [9.17, 15) is 13.6 Å². The highest BCUT2D eigenvalue weighted by Gasteiger charge is 2.40. The third kappa shape index (κ3) is 2.86. The number of ether oxygens (including phenoxy) is 2. The molecule has 1 unspecified atom stereocenters. The van der Waals surface area contributed by atoms with Crippen LogP contribution < -0.4 is 11.3 Å². The summed E-state index contributed by atoms with van der Waals surface area (Å²) >= 11 is 0. The molecule has 3 N–H and O–H groups in total. The molecule has 1 rings (SSSR count). The van der Waals surface area contributed by atoms with Crippen molar-refractivity contribution in [1.82, 2.24) is 5.43 Å². The van der Waals surface area contributed by atoms with Gasteiger partial charge in [-0.05, 0) is 6.42 Å². The molecule has 7 heteroatoms. The van der Waals surface area contributed by atoms with Crippen molar-refractivity contribution >= 4 is 5.91 Å². The van der Waals surface area contributed by atoms with Crippen LogP contribution in [-0.4, -0.2) is 31.8 Å². The fourth-order valence-corrected chi connectivity index (χ4v) is 1.09. The number of alkyl halides is 2. The molecule has 0 saturated carbocycles. The molecule has 0 bridgehead atoms. The number of hydrogen-bond acceptors (Lipinski definition) is 4. The smallest absolute Gasteiger partial charge is 0.381 e. The largest absolute Gasteiger partial charge is 0.437 e. The van der Waals surface area contributed by atoms with E-state index in [2.05, 4.69) is 10.6 Å². The molecule has 0 aromatic heterocycles. The van der Waals surface area contributed by atoms with Crippen LogP contribution in [0.3, 0.4) is 0 Å². The number of carbonyl (C=O) groups is 1. The maximum Gasteiger partial charge on any atom is 0.437 e. The molecule has 1 atom stereocenters. The maximum atomic E-state index is 12.7. The number of amides is 1. The first kappa shape index (κ1) is 11.3. The SMILES string of the molecule is NNC(=O)C(F)(F)OCC1CCOC1. The molecule has 1 heterocycles. The van der Waals surface area contributed by atoms with E-state index < -0.39 is 12.0 Å². The first-order chi connectivity index (χ1) is 6.56. The third-order valence-corrected chi connectivity index (χ3v) is 1.92. The second kappa shape index (κ2) is 4.63. The van der Waals surface area contributed by atoms with Gasteiger partial charge < -0.3 is 9.47 Å². The predicted molar refractivity (Wildman–Crippen MR) is 42.2 cm³/mol. The number of hydrogen-bond donors (Lipinski definition) is 2. The quantitative estimate of drug-likeness (QED) is 0.377. The van der Waals surface area contributed by atoms with Gasteiger partial charge in [0.1, 0.15) is 0 Å². The van der Waals surface area contributed by atoms with Gasteiger partial charge in [-0.3, -0.25) is 10.2 Å². The van der Waals surface area contributed by atoms with Crippen molar-refractivity contribution in [2.75, 3.05) is 19.8 Å². The summed E-state index contributed by atoms with van der Waals surface area (Å²) in [6, 6.07) is 0. The Morgan fingerprint density at radius 1 is 1.71 bits per heavy atom. The van der Waals surface area contributed by atoms with Gasteiger partial charge in [-0.2, -0.15) is 8.78 Å². The fraction of sp³-hybridized carbons (Fsp3) is 0.857. The average Bonchev–Trinajstić information content (AvgIpc) is 2.66. The highest BCUT2D eigenvalue weighted by molar-refractivity contribution is 5.81. The number of nitrogens with one attached hydrogen (secondary N) is 1. The van der Waals surface area contributed by atoms with E-state index in [0.717, 1.165) is 0 Å². The van der Waals surface area contributed by atoms with Gasteiger partial charge in [0, 0.05) is 12.5 Å². The van der Waals surface area contributed by atoms with Crippen molar-refractivity contribution in [1.29, 1.82) is 0 Å². The minimum atomic E-state index is -3.86. The zero-order valence-electron chi connectivity index (χ0n) is 7.46. The Balaban J connectivity index is 2.31. The first-order valence-electron chi connectivity index (χ1n) is 4.17. The van der Waals surface area contributed by atoms with Crippen molar-refractivity contribution in [3.8, 4) is 0 Å². The van der Waals surface area contributed by atoms with Crippen molar-refractivity contribution < 1.29 is 23.0 Å². The Morgan fingerprint density at radius 3 is 2.93 bits per heavy atom. The van der Waals surface area contributed by atoms with Crippen LogP contribution >= 0.6 is 0 Å².